The van der Waals surface area contributed by atoms with Crippen molar-refractivity contribution in [3.8, 4) is 0 Å². The third-order valence-electron chi connectivity index (χ3n) is 5.56. The Morgan fingerprint density at radius 3 is 2.69 bits per heavy atom. The van der Waals surface area contributed by atoms with Crippen LogP contribution in [-0.2, 0) is 11.8 Å². The van der Waals surface area contributed by atoms with Gasteiger partial charge in [0.25, 0.3) is 0 Å². The number of nitrogens with two attached hydrogens (primary N) is 1. The van der Waals surface area contributed by atoms with Crippen LogP contribution in [0.1, 0.15) is 24.0 Å². The molecule has 5 nitrogen and oxygen atoms in total. The Morgan fingerprint density at radius 2 is 1.96 bits per heavy atom. The predicted octanol–water partition coefficient (Wildman–Crippen LogP) is 2.90. The second kappa shape index (κ2) is 6.64. The topological polar surface area (TPSA) is 69.8 Å². The zero-order valence-corrected chi connectivity index (χ0v) is 14.4. The third-order valence-corrected chi connectivity index (χ3v) is 5.56. The van der Waals surface area contributed by atoms with Gasteiger partial charge in [-0.2, -0.15) is 0 Å². The van der Waals surface area contributed by atoms with E-state index in [0.29, 0.717) is 6.54 Å². The van der Waals surface area contributed by atoms with Gasteiger partial charge in [0, 0.05) is 43.2 Å². The van der Waals surface area contributed by atoms with Gasteiger partial charge in [0.1, 0.15) is 18.0 Å². The molecule has 1 fully saturated rings. The quantitative estimate of drug-likeness (QED) is 0.868. The number of likely N-dealkylation sites (tertiary alicyclic amines) is 1. The lowest BCUT2D eigenvalue weighted by molar-refractivity contribution is 0.228. The van der Waals surface area contributed by atoms with Gasteiger partial charge in [-0.1, -0.05) is 6.07 Å². The van der Waals surface area contributed by atoms with Crippen LogP contribution >= 0.6 is 0 Å². The molecule has 4 rings (SSSR count). The van der Waals surface area contributed by atoms with E-state index in [1.807, 2.05) is 12.3 Å². The molecule has 0 unspecified atom stereocenters. The minimum absolute atomic E-state index is 0.330. The molecular weight excluding hydrogens is 336 g/mol. The minimum Gasteiger partial charge on any atom is -0.360 e. The van der Waals surface area contributed by atoms with Gasteiger partial charge in [-0.15, -0.1) is 0 Å². The lowest BCUT2D eigenvalue weighted by atomic mass is 9.72. The van der Waals surface area contributed by atoms with Crippen LogP contribution in [0.4, 0.5) is 14.6 Å². The molecule has 3 N–H and O–H groups in total. The number of benzene rings is 1. The molecule has 2 aliphatic rings. The van der Waals surface area contributed by atoms with Crippen LogP contribution in [-0.4, -0.2) is 41.7 Å². The van der Waals surface area contributed by atoms with Crippen molar-refractivity contribution in [2.45, 2.75) is 24.7 Å². The number of fused-ring (bicyclic) bond motifs is 1. The number of aromatic amines is 1. The van der Waals surface area contributed by atoms with E-state index in [-0.39, 0.29) is 5.41 Å². The summed E-state index contributed by atoms with van der Waals surface area (Å²) < 4.78 is 27.0. The van der Waals surface area contributed by atoms with E-state index < -0.39 is 11.6 Å². The Morgan fingerprint density at radius 1 is 1.15 bits per heavy atom. The molecule has 1 saturated heterocycles. The standard InChI is InChI=1S/C19H21F2N5/c20-15-2-1-14(10-16(15)21)19(11-22)4-7-26(8-5-19)17-9-13-3-6-23-18(13)25-12-24-17/h1-3,6,10,12,23H,4-5,7-9,11,22H2. The van der Waals surface area contributed by atoms with Gasteiger partial charge in [-0.25, -0.2) is 18.8 Å². The van der Waals surface area contributed by atoms with E-state index >= 15 is 0 Å². The molecular formula is C19H21F2N5. The summed E-state index contributed by atoms with van der Waals surface area (Å²) in [6, 6.07) is 6.15. The number of nitrogens with zero attached hydrogens (tertiary/aromatic N) is 3. The van der Waals surface area contributed by atoms with Gasteiger partial charge in [0.05, 0.1) is 0 Å². The number of H-pyrrole nitrogens is 1. The fourth-order valence-electron chi connectivity index (χ4n) is 3.85. The van der Waals surface area contributed by atoms with E-state index in [0.717, 1.165) is 55.1 Å². The van der Waals surface area contributed by atoms with Gasteiger partial charge in [0.15, 0.2) is 11.6 Å². The minimum atomic E-state index is -0.826. The Kier molecular flexibility index (Phi) is 4.32. The number of halogens is 2. The second-order valence-electron chi connectivity index (χ2n) is 6.92. The van der Waals surface area contributed by atoms with Crippen molar-refractivity contribution in [3.63, 3.8) is 0 Å². The molecule has 0 amide bonds. The maximum Gasteiger partial charge on any atom is 0.159 e. The van der Waals surface area contributed by atoms with Crippen LogP contribution < -0.4 is 5.73 Å². The summed E-state index contributed by atoms with van der Waals surface area (Å²) in [6.07, 6.45) is 5.72. The third kappa shape index (κ3) is 2.92. The van der Waals surface area contributed by atoms with Crippen LogP contribution in [0.5, 0.6) is 0 Å². The van der Waals surface area contributed by atoms with Gasteiger partial charge in [-0.05, 0) is 36.6 Å². The first-order valence-corrected chi connectivity index (χ1v) is 8.77. The molecule has 0 saturated carbocycles. The van der Waals surface area contributed by atoms with Crippen molar-refractivity contribution in [1.82, 2.24) is 9.88 Å². The summed E-state index contributed by atoms with van der Waals surface area (Å²) >= 11 is 0. The summed E-state index contributed by atoms with van der Waals surface area (Å²) in [6.45, 7) is 1.94. The van der Waals surface area contributed by atoms with E-state index in [1.165, 1.54) is 12.1 Å². The highest BCUT2D eigenvalue weighted by Gasteiger charge is 2.36. The van der Waals surface area contributed by atoms with E-state index in [4.69, 9.17) is 5.73 Å². The molecule has 26 heavy (non-hydrogen) atoms. The van der Waals surface area contributed by atoms with Crippen molar-refractivity contribution >= 4 is 18.0 Å². The summed E-state index contributed by atoms with van der Waals surface area (Å²) in [5.41, 5.74) is 7.63. The number of rotatable bonds is 2. The predicted molar refractivity (Wildman–Crippen MR) is 98.0 cm³/mol. The molecule has 1 aromatic carbocycles. The molecule has 2 aliphatic heterocycles. The van der Waals surface area contributed by atoms with Crippen LogP contribution in [0.25, 0.3) is 0 Å². The zero-order chi connectivity index (χ0) is 18.1. The average molecular weight is 357 g/mol. The Hall–Kier alpha value is -2.54. The van der Waals surface area contributed by atoms with Crippen molar-refractivity contribution in [1.29, 1.82) is 0 Å². The lowest BCUT2D eigenvalue weighted by Gasteiger charge is -2.42. The van der Waals surface area contributed by atoms with Gasteiger partial charge in [-0.3, -0.25) is 0 Å². The second-order valence-corrected chi connectivity index (χ2v) is 6.92. The first-order valence-electron chi connectivity index (χ1n) is 8.77. The van der Waals surface area contributed by atoms with E-state index in [2.05, 4.69) is 19.9 Å². The van der Waals surface area contributed by atoms with E-state index in [9.17, 15) is 8.78 Å². The SMILES string of the molecule is NCC1(c2ccc(F)c(F)c2)CCN(C2=NC=Nc3[nH]ccc3C2)CC1. The molecule has 136 valence electrons. The fourth-order valence-corrected chi connectivity index (χ4v) is 3.85. The number of hydrogen-bond acceptors (Lipinski definition) is 4. The van der Waals surface area contributed by atoms with Crippen molar-refractivity contribution in [2.75, 3.05) is 19.6 Å². The molecule has 3 heterocycles. The molecule has 0 radical (unpaired) electrons. The van der Waals surface area contributed by atoms with Gasteiger partial charge >= 0.3 is 0 Å². The maximum absolute atomic E-state index is 13.7. The number of aromatic nitrogens is 1. The number of hydrogen-bond donors (Lipinski definition) is 2. The fraction of sp³-hybridized carbons (Fsp3) is 0.368. The highest BCUT2D eigenvalue weighted by molar-refractivity contribution is 5.93. The molecule has 7 heteroatoms. The summed E-state index contributed by atoms with van der Waals surface area (Å²) in [4.78, 5) is 14.1. The molecule has 0 bridgehead atoms. The Labute approximate surface area is 150 Å². The first-order chi connectivity index (χ1) is 12.6. The Balaban J connectivity index is 1.52. The van der Waals surface area contributed by atoms with Crippen LogP contribution in [0.15, 0.2) is 40.4 Å². The number of amidine groups is 1. The largest absolute Gasteiger partial charge is 0.360 e. The summed E-state index contributed by atoms with van der Waals surface area (Å²) in [5.74, 6) is 0.178. The lowest BCUT2D eigenvalue weighted by Crippen LogP contribution is -2.49. The van der Waals surface area contributed by atoms with Gasteiger partial charge in [0.2, 0.25) is 0 Å². The molecule has 0 atom stereocenters. The van der Waals surface area contributed by atoms with Crippen LogP contribution in [0, 0.1) is 11.6 Å². The smallest absolute Gasteiger partial charge is 0.159 e. The van der Waals surface area contributed by atoms with Gasteiger partial charge < -0.3 is 15.6 Å². The molecule has 0 aliphatic carbocycles. The van der Waals surface area contributed by atoms with Crippen molar-refractivity contribution in [2.24, 2.45) is 15.7 Å². The monoisotopic (exact) mass is 357 g/mol. The van der Waals surface area contributed by atoms with Crippen molar-refractivity contribution < 1.29 is 8.78 Å². The number of piperidine rings is 1. The number of aliphatic imine (C=N–C) groups is 2. The molecule has 0 spiro atoms. The highest BCUT2D eigenvalue weighted by atomic mass is 19.2. The van der Waals surface area contributed by atoms with Crippen LogP contribution in [0.3, 0.4) is 0 Å². The average Bonchev–Trinajstić information content (AvgIpc) is 3.01. The normalized spacial score (nSPS) is 19.0. The Bertz CT molecular complexity index is 863. The maximum atomic E-state index is 13.7. The van der Waals surface area contributed by atoms with E-state index in [1.54, 1.807) is 12.4 Å². The molecule has 2 aromatic rings. The summed E-state index contributed by atoms with van der Waals surface area (Å²) in [5, 5.41) is 0. The zero-order valence-electron chi connectivity index (χ0n) is 14.4. The van der Waals surface area contributed by atoms with Crippen molar-refractivity contribution in [3.05, 3.63) is 53.2 Å². The number of nitrogens with one attached hydrogen (secondary N) is 1. The summed E-state index contributed by atoms with van der Waals surface area (Å²) in [7, 11) is 0. The molecule has 1 aromatic heterocycles. The van der Waals surface area contributed by atoms with Crippen LogP contribution in [0.2, 0.25) is 0 Å². The highest BCUT2D eigenvalue weighted by Crippen LogP contribution is 2.36. The first kappa shape index (κ1) is 16.9.